The third-order valence-electron chi connectivity index (χ3n) is 2.62. The molecule has 1 fully saturated rings. The van der Waals surface area contributed by atoms with E-state index >= 15 is 0 Å². The third kappa shape index (κ3) is 1.89. The molecule has 2 unspecified atom stereocenters. The molecule has 3 heteroatoms. The second-order valence-electron chi connectivity index (χ2n) is 3.74. The van der Waals surface area contributed by atoms with E-state index in [1.807, 2.05) is 6.92 Å². The largest absolute Gasteiger partial charge is 0.479 e. The van der Waals surface area contributed by atoms with Crippen LogP contribution in [0.2, 0.25) is 0 Å². The minimum absolute atomic E-state index is 0.332. The third-order valence-corrected chi connectivity index (χ3v) is 2.62. The lowest BCUT2D eigenvalue weighted by Gasteiger charge is -2.23. The van der Waals surface area contributed by atoms with Gasteiger partial charge in [-0.05, 0) is 19.8 Å². The van der Waals surface area contributed by atoms with Crippen molar-refractivity contribution in [2.24, 2.45) is 11.8 Å². The molecule has 0 aromatic carbocycles. The van der Waals surface area contributed by atoms with Gasteiger partial charge in [-0.3, -0.25) is 0 Å². The summed E-state index contributed by atoms with van der Waals surface area (Å²) in [4.78, 5) is 10.9. The topological polar surface area (TPSA) is 37.3 Å². The summed E-state index contributed by atoms with van der Waals surface area (Å²) in [7, 11) is 0. The fraction of sp³-hybridized carbons (Fsp3) is 0.727. The normalized spacial score (nSPS) is 21.6. The van der Waals surface area contributed by atoms with Crippen LogP contribution in [0.3, 0.4) is 0 Å². The lowest BCUT2D eigenvalue weighted by molar-refractivity contribution is -0.155. The van der Waals surface area contributed by atoms with Gasteiger partial charge in [0.15, 0.2) is 0 Å². The molecule has 0 radical (unpaired) electrons. The summed E-state index contributed by atoms with van der Waals surface area (Å²) >= 11 is 0. The summed E-state index contributed by atoms with van der Waals surface area (Å²) in [6.45, 7) is 3.41. The second kappa shape index (κ2) is 4.00. The number of halogens is 1. The molecule has 0 amide bonds. The Bertz CT molecular complexity index is 285. The number of carboxylic acids is 1. The maximum Gasteiger partial charge on any atom is 0.343 e. The fourth-order valence-corrected chi connectivity index (χ4v) is 1.58. The summed E-state index contributed by atoms with van der Waals surface area (Å²) in [6, 6.07) is 0. The van der Waals surface area contributed by atoms with E-state index in [9.17, 15) is 9.18 Å². The Morgan fingerprint density at radius 2 is 2.29 bits per heavy atom. The Hall–Kier alpha value is -1.04. The van der Waals surface area contributed by atoms with Gasteiger partial charge in [-0.1, -0.05) is 12.8 Å². The molecule has 1 aliphatic carbocycles. The molecule has 78 valence electrons. The molecule has 2 atom stereocenters. The molecule has 2 nitrogen and oxygen atoms in total. The van der Waals surface area contributed by atoms with Crippen LogP contribution < -0.4 is 0 Å². The van der Waals surface area contributed by atoms with Gasteiger partial charge in [-0.25, -0.2) is 9.18 Å². The Balaban J connectivity index is 2.81. The molecule has 0 aliphatic heterocycles. The van der Waals surface area contributed by atoms with Crippen molar-refractivity contribution in [3.8, 4) is 11.8 Å². The highest BCUT2D eigenvalue weighted by atomic mass is 19.1. The zero-order valence-corrected chi connectivity index (χ0v) is 8.51. The molecular formula is C11H15FO2. The zero-order chi connectivity index (χ0) is 10.8. The van der Waals surface area contributed by atoms with Crippen LogP contribution in [-0.4, -0.2) is 16.7 Å². The van der Waals surface area contributed by atoms with E-state index in [4.69, 9.17) is 5.11 Å². The Morgan fingerprint density at radius 3 is 2.64 bits per heavy atom. The minimum atomic E-state index is -2.14. The number of carbonyl (C=O) groups is 1. The van der Waals surface area contributed by atoms with E-state index in [0.717, 1.165) is 0 Å². The van der Waals surface area contributed by atoms with Crippen LogP contribution in [0.15, 0.2) is 0 Å². The number of aliphatic carboxylic acids is 1. The first kappa shape index (κ1) is 11.0. The molecule has 1 aliphatic rings. The van der Waals surface area contributed by atoms with Crippen molar-refractivity contribution < 1.29 is 14.3 Å². The minimum Gasteiger partial charge on any atom is -0.479 e. The van der Waals surface area contributed by atoms with E-state index in [2.05, 4.69) is 11.8 Å². The van der Waals surface area contributed by atoms with Crippen LogP contribution in [0.5, 0.6) is 0 Å². The first-order valence-corrected chi connectivity index (χ1v) is 4.94. The van der Waals surface area contributed by atoms with Crippen molar-refractivity contribution in [1.29, 1.82) is 0 Å². The maximum atomic E-state index is 14.1. The van der Waals surface area contributed by atoms with Gasteiger partial charge >= 0.3 is 5.97 Å². The Labute approximate surface area is 83.5 Å². The Morgan fingerprint density at radius 1 is 1.71 bits per heavy atom. The van der Waals surface area contributed by atoms with E-state index < -0.39 is 17.6 Å². The van der Waals surface area contributed by atoms with Gasteiger partial charge in [0, 0.05) is 12.3 Å². The van der Waals surface area contributed by atoms with Crippen molar-refractivity contribution in [1.82, 2.24) is 0 Å². The van der Waals surface area contributed by atoms with Crippen LogP contribution in [0.4, 0.5) is 4.39 Å². The first-order valence-electron chi connectivity index (χ1n) is 4.94. The molecule has 0 saturated heterocycles. The predicted molar refractivity (Wildman–Crippen MR) is 51.4 cm³/mol. The molecular weight excluding hydrogens is 183 g/mol. The van der Waals surface area contributed by atoms with Gasteiger partial charge in [-0.15, -0.1) is 5.92 Å². The van der Waals surface area contributed by atoms with Gasteiger partial charge in [0.25, 0.3) is 0 Å². The Kier molecular flexibility index (Phi) is 3.15. The van der Waals surface area contributed by atoms with Crippen LogP contribution in [0.1, 0.15) is 33.1 Å². The molecule has 0 bridgehead atoms. The van der Waals surface area contributed by atoms with Crippen molar-refractivity contribution in [3.63, 3.8) is 0 Å². The van der Waals surface area contributed by atoms with E-state index in [-0.39, 0.29) is 5.92 Å². The van der Waals surface area contributed by atoms with Gasteiger partial charge in [0.2, 0.25) is 5.67 Å². The molecule has 1 saturated carbocycles. The quantitative estimate of drug-likeness (QED) is 0.706. The van der Waals surface area contributed by atoms with E-state index in [1.54, 1.807) is 6.92 Å². The number of hydrogen-bond acceptors (Lipinski definition) is 1. The van der Waals surface area contributed by atoms with Crippen molar-refractivity contribution >= 4 is 5.97 Å². The highest BCUT2D eigenvalue weighted by Gasteiger charge is 2.55. The predicted octanol–water partition coefficient (Wildman–Crippen LogP) is 2.24. The molecule has 0 heterocycles. The number of carboxylic acid groups (broad SMARTS) is 1. The van der Waals surface area contributed by atoms with E-state index in [1.165, 1.54) is 0 Å². The van der Waals surface area contributed by atoms with Crippen molar-refractivity contribution in [2.75, 3.05) is 0 Å². The van der Waals surface area contributed by atoms with Crippen LogP contribution in [0, 0.1) is 23.7 Å². The summed E-state index contributed by atoms with van der Waals surface area (Å²) < 4.78 is 14.1. The fourth-order valence-electron chi connectivity index (χ4n) is 1.58. The average Bonchev–Trinajstić information content (AvgIpc) is 2.95. The maximum absolute atomic E-state index is 14.1. The van der Waals surface area contributed by atoms with Crippen LogP contribution in [-0.2, 0) is 4.79 Å². The van der Waals surface area contributed by atoms with Gasteiger partial charge < -0.3 is 5.11 Å². The molecule has 0 aromatic heterocycles. The molecule has 1 N–H and O–H groups in total. The first-order chi connectivity index (χ1) is 6.53. The second-order valence-corrected chi connectivity index (χ2v) is 3.74. The van der Waals surface area contributed by atoms with Gasteiger partial charge in [0.05, 0.1) is 5.92 Å². The monoisotopic (exact) mass is 198 g/mol. The summed E-state index contributed by atoms with van der Waals surface area (Å²) in [5, 5.41) is 8.87. The van der Waals surface area contributed by atoms with Crippen LogP contribution >= 0.6 is 0 Å². The van der Waals surface area contributed by atoms with Crippen LogP contribution in [0.25, 0.3) is 0 Å². The SMILES string of the molecule is CCC#CC(C)C(F)(C(=O)O)C1CC1. The van der Waals surface area contributed by atoms with Gasteiger partial charge in [0.1, 0.15) is 0 Å². The average molecular weight is 198 g/mol. The highest BCUT2D eigenvalue weighted by Crippen LogP contribution is 2.46. The number of hydrogen-bond donors (Lipinski definition) is 1. The number of rotatable bonds is 3. The molecule has 0 spiro atoms. The lowest BCUT2D eigenvalue weighted by Crippen LogP contribution is -2.42. The van der Waals surface area contributed by atoms with Crippen molar-refractivity contribution in [3.05, 3.63) is 0 Å². The summed E-state index contributed by atoms with van der Waals surface area (Å²) in [5.74, 6) is 3.00. The van der Waals surface area contributed by atoms with E-state index in [0.29, 0.717) is 19.3 Å². The summed E-state index contributed by atoms with van der Waals surface area (Å²) in [5.41, 5.74) is -2.14. The number of alkyl halides is 1. The molecule has 14 heavy (non-hydrogen) atoms. The standard InChI is InChI=1S/C11H15FO2/c1-3-4-5-8(2)11(12,10(13)14)9-6-7-9/h8-9H,3,6-7H2,1-2H3,(H,13,14). The van der Waals surface area contributed by atoms with Gasteiger partial charge in [-0.2, -0.15) is 0 Å². The highest BCUT2D eigenvalue weighted by molar-refractivity contribution is 5.79. The lowest BCUT2D eigenvalue weighted by atomic mass is 9.86. The zero-order valence-electron chi connectivity index (χ0n) is 8.51. The smallest absolute Gasteiger partial charge is 0.343 e. The summed E-state index contributed by atoms with van der Waals surface area (Å²) in [6.07, 6.45) is 1.96. The molecule has 0 aromatic rings. The molecule has 1 rings (SSSR count). The van der Waals surface area contributed by atoms with Crippen molar-refractivity contribution in [2.45, 2.75) is 38.8 Å².